The van der Waals surface area contributed by atoms with Crippen LogP contribution < -0.4 is 5.32 Å². The molecule has 2 N–H and O–H groups in total. The van der Waals surface area contributed by atoms with Crippen molar-refractivity contribution >= 4 is 18.0 Å². The van der Waals surface area contributed by atoms with Crippen molar-refractivity contribution < 1.29 is 33.7 Å². The van der Waals surface area contributed by atoms with Crippen LogP contribution in [-0.2, 0) is 30.2 Å². The third kappa shape index (κ3) is 11.0. The third-order valence-electron chi connectivity index (χ3n) is 4.13. The fraction of sp³-hybridized carbons (Fsp3) is 0.625. The Labute approximate surface area is 200 Å². The van der Waals surface area contributed by atoms with Gasteiger partial charge >= 0.3 is 18.0 Å². The van der Waals surface area contributed by atoms with Gasteiger partial charge in [-0.15, -0.1) is 0 Å². The molecule has 1 aromatic rings. The van der Waals surface area contributed by atoms with Crippen molar-refractivity contribution in [1.82, 2.24) is 10.3 Å². The van der Waals surface area contributed by atoms with Crippen LogP contribution in [0.2, 0.25) is 0 Å². The first-order valence-electron chi connectivity index (χ1n) is 10.9. The first-order chi connectivity index (χ1) is 15.4. The first kappa shape index (κ1) is 28.7. The number of nitriles is 1. The summed E-state index contributed by atoms with van der Waals surface area (Å²) in [6, 6.07) is 3.52. The van der Waals surface area contributed by atoms with E-state index in [0.29, 0.717) is 5.69 Å². The van der Waals surface area contributed by atoms with E-state index in [0.717, 1.165) is 0 Å². The minimum Gasteiger partial charge on any atom is -0.506 e. The number of carbonyl (C=O) groups excluding carboxylic acids is 3. The van der Waals surface area contributed by atoms with Gasteiger partial charge in [0.25, 0.3) is 0 Å². The molecule has 2 unspecified atom stereocenters. The summed E-state index contributed by atoms with van der Waals surface area (Å²) >= 11 is 0. The van der Waals surface area contributed by atoms with E-state index in [2.05, 4.69) is 10.3 Å². The summed E-state index contributed by atoms with van der Waals surface area (Å²) in [4.78, 5) is 42.4. The number of rotatable bonds is 8. The van der Waals surface area contributed by atoms with E-state index in [9.17, 15) is 24.8 Å². The van der Waals surface area contributed by atoms with Crippen molar-refractivity contribution in [2.75, 3.05) is 0 Å². The molecule has 10 nitrogen and oxygen atoms in total. The lowest BCUT2D eigenvalue weighted by Crippen LogP contribution is -2.48. The van der Waals surface area contributed by atoms with Gasteiger partial charge in [-0.2, -0.15) is 5.26 Å². The Morgan fingerprint density at radius 2 is 1.59 bits per heavy atom. The lowest BCUT2D eigenvalue weighted by molar-refractivity contribution is -0.162. The minimum absolute atomic E-state index is 0.0376. The number of nitrogens with one attached hydrogen (secondary N) is 1. The molecule has 1 heterocycles. The summed E-state index contributed by atoms with van der Waals surface area (Å²) in [5.74, 6) is -2.45. The molecule has 0 aliphatic rings. The molecule has 0 saturated carbocycles. The molecular weight excluding hydrogens is 442 g/mol. The molecule has 2 atom stereocenters. The van der Waals surface area contributed by atoms with Crippen LogP contribution in [0.3, 0.4) is 0 Å². The summed E-state index contributed by atoms with van der Waals surface area (Å²) < 4.78 is 16.0. The van der Waals surface area contributed by atoms with Gasteiger partial charge in [-0.05, 0) is 73.9 Å². The van der Waals surface area contributed by atoms with Crippen molar-refractivity contribution in [3.8, 4) is 11.8 Å². The van der Waals surface area contributed by atoms with Gasteiger partial charge in [-0.3, -0.25) is 9.78 Å². The summed E-state index contributed by atoms with van der Waals surface area (Å²) in [7, 11) is 0. The molecule has 0 bridgehead atoms. The lowest BCUT2D eigenvalue weighted by Gasteiger charge is -2.28. The minimum atomic E-state index is -1.45. The molecule has 1 amide bonds. The number of alkyl carbamates (subject to hydrolysis) is 1. The zero-order chi connectivity index (χ0) is 26.3. The molecule has 1 aromatic heterocycles. The zero-order valence-electron chi connectivity index (χ0n) is 21.1. The van der Waals surface area contributed by atoms with E-state index in [1.54, 1.807) is 47.6 Å². The highest BCUT2D eigenvalue weighted by molar-refractivity contribution is 5.83. The molecule has 10 heteroatoms. The Kier molecular flexibility index (Phi) is 9.43. The molecule has 1 rings (SSSR count). The van der Waals surface area contributed by atoms with Gasteiger partial charge < -0.3 is 24.6 Å². The zero-order valence-corrected chi connectivity index (χ0v) is 21.1. The fourth-order valence-electron chi connectivity index (χ4n) is 2.73. The van der Waals surface area contributed by atoms with Gasteiger partial charge in [0, 0.05) is 12.1 Å². The molecule has 34 heavy (non-hydrogen) atoms. The Morgan fingerprint density at radius 1 is 1.00 bits per heavy atom. The van der Waals surface area contributed by atoms with Gasteiger partial charge in [-0.25, -0.2) is 9.59 Å². The Morgan fingerprint density at radius 3 is 2.06 bits per heavy atom. The van der Waals surface area contributed by atoms with Crippen molar-refractivity contribution in [2.24, 2.45) is 5.92 Å². The Balaban J connectivity index is 3.25. The van der Waals surface area contributed by atoms with Crippen LogP contribution in [0.1, 0.15) is 67.5 Å². The molecule has 0 aromatic carbocycles. The van der Waals surface area contributed by atoms with E-state index in [1.807, 2.05) is 6.07 Å². The highest BCUT2D eigenvalue weighted by Crippen LogP contribution is 2.22. The van der Waals surface area contributed by atoms with Crippen molar-refractivity contribution in [2.45, 2.75) is 91.1 Å². The van der Waals surface area contributed by atoms with E-state index < -0.39 is 46.8 Å². The molecular formula is C24H35N3O7. The van der Waals surface area contributed by atoms with E-state index >= 15 is 0 Å². The number of hydrogen-bond donors (Lipinski definition) is 2. The topological polar surface area (TPSA) is 148 Å². The molecule has 0 fully saturated rings. The summed E-state index contributed by atoms with van der Waals surface area (Å²) in [6.07, 6.45) is 0.227. The van der Waals surface area contributed by atoms with E-state index in [-0.39, 0.29) is 18.6 Å². The third-order valence-corrected chi connectivity index (χ3v) is 4.13. The number of aromatic nitrogens is 1. The predicted octanol–water partition coefficient (Wildman–Crippen LogP) is 3.42. The molecule has 188 valence electrons. The Hall–Kier alpha value is -3.35. The van der Waals surface area contributed by atoms with Crippen molar-refractivity contribution in [3.05, 3.63) is 24.0 Å². The fourth-order valence-corrected chi connectivity index (χ4v) is 2.73. The molecule has 0 saturated heterocycles. The second kappa shape index (κ2) is 11.2. The number of aromatic hydroxyl groups is 1. The highest BCUT2D eigenvalue weighted by atomic mass is 16.6. The van der Waals surface area contributed by atoms with Crippen LogP contribution in [0.15, 0.2) is 18.3 Å². The average Bonchev–Trinajstić information content (AvgIpc) is 2.65. The van der Waals surface area contributed by atoms with Gasteiger partial charge in [0.15, 0.2) is 5.60 Å². The number of hydrogen-bond acceptors (Lipinski definition) is 9. The van der Waals surface area contributed by atoms with E-state index in [1.165, 1.54) is 26.1 Å². The largest absolute Gasteiger partial charge is 0.506 e. The van der Waals surface area contributed by atoms with Crippen LogP contribution in [0.5, 0.6) is 5.75 Å². The maximum Gasteiger partial charge on any atom is 0.408 e. The molecule has 0 aliphatic heterocycles. The smallest absolute Gasteiger partial charge is 0.408 e. The lowest BCUT2D eigenvalue weighted by atomic mass is 9.94. The van der Waals surface area contributed by atoms with Gasteiger partial charge in [0.1, 0.15) is 29.1 Å². The van der Waals surface area contributed by atoms with Crippen LogP contribution >= 0.6 is 0 Å². The quantitative estimate of drug-likeness (QED) is 0.424. The van der Waals surface area contributed by atoms with Crippen LogP contribution in [0, 0.1) is 17.2 Å². The Bertz CT molecular complexity index is 906. The normalized spacial score (nSPS) is 13.7. The van der Waals surface area contributed by atoms with Crippen molar-refractivity contribution in [1.29, 1.82) is 5.26 Å². The summed E-state index contributed by atoms with van der Waals surface area (Å²) in [6.45, 7) is 12.9. The number of amides is 1. The molecule has 0 radical (unpaired) electrons. The number of ether oxygens (including phenoxy) is 3. The molecule has 0 aliphatic carbocycles. The summed E-state index contributed by atoms with van der Waals surface area (Å²) in [5.41, 5.74) is -2.61. The number of esters is 2. The summed E-state index contributed by atoms with van der Waals surface area (Å²) in [5, 5.41) is 21.2. The number of carbonyl (C=O) groups is 3. The van der Waals surface area contributed by atoms with Crippen molar-refractivity contribution in [3.63, 3.8) is 0 Å². The maximum absolute atomic E-state index is 13.0. The predicted molar refractivity (Wildman–Crippen MR) is 122 cm³/mol. The van der Waals surface area contributed by atoms with Gasteiger partial charge in [0.05, 0.1) is 12.1 Å². The number of pyridine rings is 1. The second-order valence-corrected chi connectivity index (χ2v) is 10.4. The number of nitrogens with zero attached hydrogens (tertiary/aromatic N) is 2. The monoisotopic (exact) mass is 477 g/mol. The SMILES string of the molecule is CC(C)(C)OC(=O)NC(CC(Cc1ccc(O)cn1)C(=O)OC(C)(C)C)C(=O)OC(C)(C)C#N. The average molecular weight is 478 g/mol. The van der Waals surface area contributed by atoms with Crippen LogP contribution in [0.25, 0.3) is 0 Å². The highest BCUT2D eigenvalue weighted by Gasteiger charge is 2.36. The maximum atomic E-state index is 13.0. The van der Waals surface area contributed by atoms with E-state index in [4.69, 9.17) is 14.2 Å². The standard InChI is InChI=1S/C24H35N3O7/c1-22(2,3)32-19(29)15(11-16-9-10-17(28)13-26-16)12-18(20(30)33-24(7,8)14-25)27-21(31)34-23(4,5)6/h9-10,13,15,18,28H,11-12H2,1-8H3,(H,27,31). The second-order valence-electron chi connectivity index (χ2n) is 10.4. The molecule has 0 spiro atoms. The van der Waals surface area contributed by atoms with Gasteiger partial charge in [0.2, 0.25) is 0 Å². The van der Waals surface area contributed by atoms with Crippen LogP contribution in [0.4, 0.5) is 4.79 Å². The van der Waals surface area contributed by atoms with Crippen LogP contribution in [-0.4, -0.2) is 51.0 Å². The first-order valence-corrected chi connectivity index (χ1v) is 10.9. The van der Waals surface area contributed by atoms with Gasteiger partial charge in [-0.1, -0.05) is 0 Å².